The van der Waals surface area contributed by atoms with Crippen molar-refractivity contribution in [1.29, 1.82) is 0 Å². The van der Waals surface area contributed by atoms with Crippen molar-refractivity contribution in [2.75, 3.05) is 0 Å². The van der Waals surface area contributed by atoms with Gasteiger partial charge in [-0.05, 0) is 43.3 Å². The standard InChI is InChI=1S/C22H19NO4/c1-15(13-22(24)25)27-16(2)17-8-11-20(12-9-17)26-14-19-10-7-18-5-3-4-6-21(18)23-19/h3-13H,2,14H2,1H3,(H,24,25)/b15-13+. The van der Waals surface area contributed by atoms with Crippen LogP contribution in [-0.2, 0) is 16.1 Å². The van der Waals surface area contributed by atoms with Gasteiger partial charge in [0.2, 0.25) is 0 Å². The molecule has 1 heterocycles. The molecule has 1 aromatic heterocycles. The summed E-state index contributed by atoms with van der Waals surface area (Å²) in [4.78, 5) is 15.2. The zero-order chi connectivity index (χ0) is 19.2. The van der Waals surface area contributed by atoms with Crippen LogP contribution in [0.15, 0.2) is 79.1 Å². The van der Waals surface area contributed by atoms with Crippen LogP contribution in [0.3, 0.4) is 0 Å². The van der Waals surface area contributed by atoms with E-state index < -0.39 is 5.97 Å². The number of aromatic nitrogens is 1. The Hall–Kier alpha value is -3.60. The van der Waals surface area contributed by atoms with Crippen molar-refractivity contribution >= 4 is 22.6 Å². The average molecular weight is 361 g/mol. The molecule has 0 fully saturated rings. The van der Waals surface area contributed by atoms with E-state index in [1.165, 1.54) is 0 Å². The van der Waals surface area contributed by atoms with E-state index in [1.807, 2.05) is 36.4 Å². The predicted molar refractivity (Wildman–Crippen MR) is 104 cm³/mol. The quantitative estimate of drug-likeness (QED) is 0.484. The smallest absolute Gasteiger partial charge is 0.331 e. The third-order valence-corrected chi connectivity index (χ3v) is 3.83. The van der Waals surface area contributed by atoms with Crippen molar-refractivity contribution in [3.63, 3.8) is 0 Å². The summed E-state index contributed by atoms with van der Waals surface area (Å²) in [7, 11) is 0. The van der Waals surface area contributed by atoms with Crippen molar-refractivity contribution in [3.8, 4) is 5.75 Å². The van der Waals surface area contributed by atoms with Crippen LogP contribution in [0.4, 0.5) is 0 Å². The summed E-state index contributed by atoms with van der Waals surface area (Å²) in [5.41, 5.74) is 2.52. The van der Waals surface area contributed by atoms with Gasteiger partial charge in [0, 0.05) is 10.9 Å². The molecule has 27 heavy (non-hydrogen) atoms. The lowest BCUT2D eigenvalue weighted by atomic mass is 10.2. The van der Waals surface area contributed by atoms with Crippen LogP contribution >= 0.6 is 0 Å². The highest BCUT2D eigenvalue weighted by Crippen LogP contribution is 2.21. The first-order valence-electron chi connectivity index (χ1n) is 8.37. The number of aliphatic carboxylic acids is 1. The van der Waals surface area contributed by atoms with E-state index in [0.29, 0.717) is 18.1 Å². The molecule has 0 saturated carbocycles. The Morgan fingerprint density at radius 1 is 1.11 bits per heavy atom. The summed E-state index contributed by atoms with van der Waals surface area (Å²) in [6, 6.07) is 19.1. The minimum atomic E-state index is -1.06. The van der Waals surface area contributed by atoms with Gasteiger partial charge in [-0.1, -0.05) is 30.8 Å². The fraction of sp³-hybridized carbons (Fsp3) is 0.0909. The van der Waals surface area contributed by atoms with E-state index in [2.05, 4.69) is 11.6 Å². The van der Waals surface area contributed by atoms with Crippen molar-refractivity contribution in [3.05, 3.63) is 90.3 Å². The molecule has 5 heteroatoms. The average Bonchev–Trinajstić information content (AvgIpc) is 2.66. The molecule has 0 spiro atoms. The predicted octanol–water partition coefficient (Wildman–Crippen LogP) is 4.79. The minimum absolute atomic E-state index is 0.259. The Bertz CT molecular complexity index is 1010. The highest BCUT2D eigenvalue weighted by molar-refractivity contribution is 5.80. The second-order valence-corrected chi connectivity index (χ2v) is 5.93. The molecule has 0 aliphatic heterocycles. The summed E-state index contributed by atoms with van der Waals surface area (Å²) in [5.74, 6) is 0.258. The molecule has 3 aromatic rings. The molecule has 0 radical (unpaired) electrons. The topological polar surface area (TPSA) is 68.7 Å². The van der Waals surface area contributed by atoms with E-state index >= 15 is 0 Å². The number of benzene rings is 2. The van der Waals surface area contributed by atoms with Crippen LogP contribution in [0.1, 0.15) is 18.2 Å². The molecule has 0 aliphatic carbocycles. The van der Waals surface area contributed by atoms with Gasteiger partial charge < -0.3 is 14.6 Å². The van der Waals surface area contributed by atoms with Crippen LogP contribution in [0.2, 0.25) is 0 Å². The zero-order valence-corrected chi connectivity index (χ0v) is 14.9. The number of hydrogen-bond acceptors (Lipinski definition) is 4. The molecule has 1 N–H and O–H groups in total. The Kier molecular flexibility index (Phi) is 5.52. The van der Waals surface area contributed by atoms with Gasteiger partial charge in [-0.15, -0.1) is 0 Å². The largest absolute Gasteiger partial charge is 0.487 e. The van der Waals surface area contributed by atoms with Gasteiger partial charge >= 0.3 is 5.97 Å². The molecule has 0 atom stereocenters. The van der Waals surface area contributed by atoms with Crippen molar-refractivity contribution in [1.82, 2.24) is 4.98 Å². The number of nitrogens with zero attached hydrogens (tertiary/aromatic N) is 1. The van der Waals surface area contributed by atoms with Crippen LogP contribution < -0.4 is 4.74 Å². The number of carboxylic acids is 1. The molecule has 0 bridgehead atoms. The minimum Gasteiger partial charge on any atom is -0.487 e. The Labute approximate surface area is 157 Å². The second kappa shape index (κ2) is 8.19. The van der Waals surface area contributed by atoms with Crippen LogP contribution in [0.5, 0.6) is 5.75 Å². The lowest BCUT2D eigenvalue weighted by molar-refractivity contribution is -0.131. The number of para-hydroxylation sites is 1. The van der Waals surface area contributed by atoms with Gasteiger partial charge in [-0.3, -0.25) is 0 Å². The summed E-state index contributed by atoms with van der Waals surface area (Å²) in [6.45, 7) is 5.74. The molecule has 0 amide bonds. The fourth-order valence-corrected chi connectivity index (χ4v) is 2.54. The molecule has 0 unspecified atom stereocenters. The first-order chi connectivity index (χ1) is 13.0. The number of fused-ring (bicyclic) bond motifs is 1. The SMILES string of the molecule is C=C(O/C(C)=C/C(=O)O)c1ccc(OCc2ccc3ccccc3n2)cc1. The van der Waals surface area contributed by atoms with Gasteiger partial charge in [0.1, 0.15) is 23.9 Å². The Morgan fingerprint density at radius 2 is 1.85 bits per heavy atom. The highest BCUT2D eigenvalue weighted by atomic mass is 16.5. The monoisotopic (exact) mass is 361 g/mol. The molecule has 2 aromatic carbocycles. The van der Waals surface area contributed by atoms with E-state index in [1.54, 1.807) is 31.2 Å². The number of carbonyl (C=O) groups is 1. The lowest BCUT2D eigenvalue weighted by Gasteiger charge is -2.10. The van der Waals surface area contributed by atoms with Crippen molar-refractivity contribution in [2.45, 2.75) is 13.5 Å². The molecule has 3 rings (SSSR count). The maximum atomic E-state index is 10.6. The van der Waals surface area contributed by atoms with E-state index in [0.717, 1.165) is 28.2 Å². The summed E-state index contributed by atoms with van der Waals surface area (Å²) < 4.78 is 11.2. The molecular formula is C22H19NO4. The Balaban J connectivity index is 1.61. The van der Waals surface area contributed by atoms with Crippen molar-refractivity contribution in [2.24, 2.45) is 0 Å². The van der Waals surface area contributed by atoms with E-state index in [-0.39, 0.29) is 5.76 Å². The third kappa shape index (κ3) is 4.95. The fourth-order valence-electron chi connectivity index (χ4n) is 2.54. The maximum absolute atomic E-state index is 10.6. The van der Waals surface area contributed by atoms with Gasteiger partial charge in [-0.2, -0.15) is 0 Å². The normalized spacial score (nSPS) is 11.2. The molecule has 5 nitrogen and oxygen atoms in total. The maximum Gasteiger partial charge on any atom is 0.331 e. The Morgan fingerprint density at radius 3 is 2.59 bits per heavy atom. The molecular weight excluding hydrogens is 342 g/mol. The molecule has 0 saturated heterocycles. The van der Waals surface area contributed by atoms with Crippen LogP contribution in [0, 0.1) is 0 Å². The van der Waals surface area contributed by atoms with E-state index in [4.69, 9.17) is 14.6 Å². The first-order valence-corrected chi connectivity index (χ1v) is 8.37. The number of ether oxygens (including phenoxy) is 2. The molecule has 136 valence electrons. The molecule has 0 aliphatic rings. The number of allylic oxidation sites excluding steroid dienone is 1. The summed E-state index contributed by atoms with van der Waals surface area (Å²) >= 11 is 0. The summed E-state index contributed by atoms with van der Waals surface area (Å²) in [6.07, 6.45) is 0.985. The third-order valence-electron chi connectivity index (χ3n) is 3.83. The lowest BCUT2D eigenvalue weighted by Crippen LogP contribution is -1.99. The number of hydrogen-bond donors (Lipinski definition) is 1. The summed E-state index contributed by atoms with van der Waals surface area (Å²) in [5, 5.41) is 9.80. The van der Waals surface area contributed by atoms with Gasteiger partial charge in [-0.25, -0.2) is 9.78 Å². The highest BCUT2D eigenvalue weighted by Gasteiger charge is 2.05. The number of carboxylic acid groups (broad SMARTS) is 1. The van der Waals surface area contributed by atoms with Gasteiger partial charge in [0.05, 0.1) is 17.3 Å². The number of pyridine rings is 1. The van der Waals surface area contributed by atoms with Crippen molar-refractivity contribution < 1.29 is 19.4 Å². The van der Waals surface area contributed by atoms with Crippen LogP contribution in [0.25, 0.3) is 16.7 Å². The number of rotatable bonds is 7. The van der Waals surface area contributed by atoms with Crippen LogP contribution in [-0.4, -0.2) is 16.1 Å². The second-order valence-electron chi connectivity index (χ2n) is 5.93. The van der Waals surface area contributed by atoms with E-state index in [9.17, 15) is 4.79 Å². The van der Waals surface area contributed by atoms with Gasteiger partial charge in [0.25, 0.3) is 0 Å². The van der Waals surface area contributed by atoms with Gasteiger partial charge in [0.15, 0.2) is 0 Å². The zero-order valence-electron chi connectivity index (χ0n) is 14.9. The first kappa shape index (κ1) is 18.2.